The molecule has 2 aromatic rings. The summed E-state index contributed by atoms with van der Waals surface area (Å²) < 4.78 is 1.57. The third kappa shape index (κ3) is 3.12. The molecule has 1 saturated heterocycles. The molecule has 3 rings (SSSR count). The second-order valence-corrected chi connectivity index (χ2v) is 6.23. The Morgan fingerprint density at radius 2 is 2.08 bits per heavy atom. The highest BCUT2D eigenvalue weighted by atomic mass is 35.5. The van der Waals surface area contributed by atoms with Gasteiger partial charge in [0.25, 0.3) is 5.91 Å². The predicted octanol–water partition coefficient (Wildman–Crippen LogP) is 1.28. The van der Waals surface area contributed by atoms with E-state index in [1.54, 1.807) is 35.8 Å². The maximum Gasteiger partial charge on any atom is 0.276 e. The van der Waals surface area contributed by atoms with Crippen LogP contribution in [0.25, 0.3) is 0 Å². The van der Waals surface area contributed by atoms with Gasteiger partial charge in [0, 0.05) is 25.2 Å². The Balaban J connectivity index is 1.74. The van der Waals surface area contributed by atoms with Crippen molar-refractivity contribution >= 4 is 23.4 Å². The predicted molar refractivity (Wildman–Crippen MR) is 88.7 cm³/mol. The molecular weight excluding hydrogens is 330 g/mol. The van der Waals surface area contributed by atoms with Crippen molar-refractivity contribution in [2.24, 2.45) is 0 Å². The fourth-order valence-electron chi connectivity index (χ4n) is 2.71. The summed E-state index contributed by atoms with van der Waals surface area (Å²) in [7, 11) is 1.74. The minimum atomic E-state index is -0.495. The highest BCUT2D eigenvalue weighted by Crippen LogP contribution is 2.17. The van der Waals surface area contributed by atoms with E-state index >= 15 is 0 Å². The molecular formula is C16H18ClN5O2. The molecule has 1 aromatic heterocycles. The van der Waals surface area contributed by atoms with Crippen molar-refractivity contribution < 1.29 is 9.59 Å². The zero-order valence-electron chi connectivity index (χ0n) is 13.5. The molecule has 2 amide bonds. The van der Waals surface area contributed by atoms with Gasteiger partial charge >= 0.3 is 0 Å². The lowest BCUT2D eigenvalue weighted by Crippen LogP contribution is -2.56. The Hall–Kier alpha value is -2.41. The van der Waals surface area contributed by atoms with Crippen molar-refractivity contribution in [3.8, 4) is 0 Å². The van der Waals surface area contributed by atoms with Gasteiger partial charge in [0.15, 0.2) is 5.69 Å². The summed E-state index contributed by atoms with van der Waals surface area (Å²) in [6, 6.07) is 6.95. The zero-order chi connectivity index (χ0) is 17.3. The molecule has 0 spiro atoms. The Kier molecular flexibility index (Phi) is 4.53. The molecule has 1 fully saturated rings. The third-order valence-corrected chi connectivity index (χ3v) is 4.55. The first-order valence-electron chi connectivity index (χ1n) is 7.67. The lowest BCUT2D eigenvalue weighted by atomic mass is 10.1. The van der Waals surface area contributed by atoms with Crippen molar-refractivity contribution in [3.05, 3.63) is 46.7 Å². The first kappa shape index (κ1) is 16.4. The second kappa shape index (κ2) is 6.60. The number of amides is 2. The molecule has 1 aromatic carbocycles. The van der Waals surface area contributed by atoms with E-state index in [0.717, 1.165) is 5.56 Å². The minimum Gasteiger partial charge on any atom is -0.342 e. The fourth-order valence-corrected chi connectivity index (χ4v) is 2.91. The van der Waals surface area contributed by atoms with Crippen molar-refractivity contribution in [2.45, 2.75) is 19.5 Å². The number of likely N-dealkylation sites (N-methyl/N-ethyl adjacent to an activating group) is 1. The van der Waals surface area contributed by atoms with Gasteiger partial charge in [0.1, 0.15) is 6.04 Å². The Morgan fingerprint density at radius 1 is 1.33 bits per heavy atom. The molecule has 7 nitrogen and oxygen atoms in total. The number of hydrogen-bond acceptors (Lipinski definition) is 4. The summed E-state index contributed by atoms with van der Waals surface area (Å²) in [4.78, 5) is 27.8. The SMILES string of the molecule is CC1C(=O)N(C)CCN1C(=O)c1cn(Cc2ccccc2Cl)nn1. The van der Waals surface area contributed by atoms with Crippen molar-refractivity contribution in [3.63, 3.8) is 0 Å². The van der Waals surface area contributed by atoms with E-state index in [9.17, 15) is 9.59 Å². The largest absolute Gasteiger partial charge is 0.342 e. The fraction of sp³-hybridized carbons (Fsp3) is 0.375. The van der Waals surface area contributed by atoms with Crippen LogP contribution in [0.2, 0.25) is 5.02 Å². The molecule has 8 heteroatoms. The monoisotopic (exact) mass is 347 g/mol. The zero-order valence-corrected chi connectivity index (χ0v) is 14.3. The topological polar surface area (TPSA) is 71.3 Å². The molecule has 126 valence electrons. The molecule has 1 aliphatic heterocycles. The average molecular weight is 348 g/mol. The summed E-state index contributed by atoms with van der Waals surface area (Å²) >= 11 is 6.14. The van der Waals surface area contributed by atoms with Crippen LogP contribution in [0, 0.1) is 0 Å². The van der Waals surface area contributed by atoms with Gasteiger partial charge in [-0.1, -0.05) is 35.0 Å². The molecule has 24 heavy (non-hydrogen) atoms. The highest BCUT2D eigenvalue weighted by Gasteiger charge is 2.34. The summed E-state index contributed by atoms with van der Waals surface area (Å²) in [5.41, 5.74) is 1.12. The maximum atomic E-state index is 12.6. The minimum absolute atomic E-state index is 0.0712. The van der Waals surface area contributed by atoms with Crippen LogP contribution in [0.1, 0.15) is 23.0 Å². The van der Waals surface area contributed by atoms with Gasteiger partial charge in [0.05, 0.1) is 12.7 Å². The molecule has 0 radical (unpaired) electrons. The van der Waals surface area contributed by atoms with Gasteiger partial charge in [-0.2, -0.15) is 0 Å². The standard InChI is InChI=1S/C16H18ClN5O2/c1-11-15(23)20(2)7-8-22(11)16(24)14-10-21(19-18-14)9-12-5-3-4-6-13(12)17/h3-6,10-11H,7-9H2,1-2H3. The molecule has 0 saturated carbocycles. The number of piperazine rings is 1. The Labute approximate surface area is 144 Å². The maximum absolute atomic E-state index is 12.6. The van der Waals surface area contributed by atoms with E-state index in [0.29, 0.717) is 24.7 Å². The van der Waals surface area contributed by atoms with E-state index in [-0.39, 0.29) is 17.5 Å². The van der Waals surface area contributed by atoms with Crippen LogP contribution in [0.4, 0.5) is 0 Å². The van der Waals surface area contributed by atoms with E-state index in [1.165, 1.54) is 4.90 Å². The van der Waals surface area contributed by atoms with Crippen LogP contribution in [0.15, 0.2) is 30.5 Å². The second-order valence-electron chi connectivity index (χ2n) is 5.83. The lowest BCUT2D eigenvalue weighted by molar-refractivity contribution is -0.137. The van der Waals surface area contributed by atoms with Crippen molar-refractivity contribution in [1.29, 1.82) is 0 Å². The number of rotatable bonds is 3. The van der Waals surface area contributed by atoms with E-state index in [2.05, 4.69) is 10.3 Å². The molecule has 0 N–H and O–H groups in total. The number of benzene rings is 1. The first-order valence-corrected chi connectivity index (χ1v) is 8.04. The van der Waals surface area contributed by atoms with Crippen LogP contribution in [-0.4, -0.2) is 62.8 Å². The van der Waals surface area contributed by atoms with E-state index in [4.69, 9.17) is 11.6 Å². The molecule has 1 aliphatic rings. The Morgan fingerprint density at radius 3 is 2.83 bits per heavy atom. The summed E-state index contributed by atoms with van der Waals surface area (Å²) in [6.07, 6.45) is 1.58. The van der Waals surface area contributed by atoms with E-state index in [1.807, 2.05) is 18.2 Å². The quantitative estimate of drug-likeness (QED) is 0.838. The number of carbonyl (C=O) groups is 2. The lowest BCUT2D eigenvalue weighted by Gasteiger charge is -2.36. The van der Waals surface area contributed by atoms with Crippen molar-refractivity contribution in [1.82, 2.24) is 24.8 Å². The molecule has 0 aliphatic carbocycles. The first-order chi connectivity index (χ1) is 11.5. The van der Waals surface area contributed by atoms with Gasteiger partial charge in [-0.3, -0.25) is 9.59 Å². The van der Waals surface area contributed by atoms with E-state index < -0.39 is 6.04 Å². The molecule has 0 bridgehead atoms. The summed E-state index contributed by atoms with van der Waals surface area (Å²) in [6.45, 7) is 3.16. The Bertz CT molecular complexity index is 775. The normalized spacial score (nSPS) is 18.1. The van der Waals surface area contributed by atoms with Gasteiger partial charge in [-0.25, -0.2) is 4.68 Å². The summed E-state index contributed by atoms with van der Waals surface area (Å²) in [5.74, 6) is -0.354. The smallest absolute Gasteiger partial charge is 0.276 e. The number of hydrogen-bond donors (Lipinski definition) is 0. The molecule has 1 atom stereocenters. The number of carbonyl (C=O) groups excluding carboxylic acids is 2. The average Bonchev–Trinajstić information content (AvgIpc) is 3.03. The van der Waals surface area contributed by atoms with Gasteiger partial charge < -0.3 is 9.80 Å². The van der Waals surface area contributed by atoms with Crippen LogP contribution in [0.5, 0.6) is 0 Å². The van der Waals surface area contributed by atoms with Crippen molar-refractivity contribution in [2.75, 3.05) is 20.1 Å². The van der Waals surface area contributed by atoms with Gasteiger partial charge in [-0.15, -0.1) is 5.10 Å². The van der Waals surface area contributed by atoms with Gasteiger partial charge in [-0.05, 0) is 18.6 Å². The molecule has 2 heterocycles. The van der Waals surface area contributed by atoms with Crippen LogP contribution < -0.4 is 0 Å². The highest BCUT2D eigenvalue weighted by molar-refractivity contribution is 6.31. The van der Waals surface area contributed by atoms with Crippen LogP contribution in [-0.2, 0) is 11.3 Å². The number of aromatic nitrogens is 3. The summed E-state index contributed by atoms with van der Waals surface area (Å²) in [5, 5.41) is 8.58. The van der Waals surface area contributed by atoms with Crippen LogP contribution in [0.3, 0.4) is 0 Å². The van der Waals surface area contributed by atoms with Gasteiger partial charge in [0.2, 0.25) is 5.91 Å². The number of halogens is 1. The number of nitrogens with zero attached hydrogens (tertiary/aromatic N) is 5. The third-order valence-electron chi connectivity index (χ3n) is 4.19. The molecule has 1 unspecified atom stereocenters. The van der Waals surface area contributed by atoms with Crippen LogP contribution >= 0.6 is 11.6 Å².